The van der Waals surface area contributed by atoms with Crippen LogP contribution in [0, 0.1) is 12.7 Å². The monoisotopic (exact) mass is 468 g/mol. The molecule has 1 unspecified atom stereocenters. The lowest BCUT2D eigenvalue weighted by atomic mass is 10.2. The number of ether oxygens (including phenoxy) is 1. The summed E-state index contributed by atoms with van der Waals surface area (Å²) in [6.07, 6.45) is 0.118. The van der Waals surface area contributed by atoms with E-state index < -0.39 is 42.5 Å². The minimum Gasteiger partial charge on any atom is -0.474 e. The molecular weight excluding hydrogens is 446 g/mol. The molecule has 1 aliphatic heterocycles. The summed E-state index contributed by atoms with van der Waals surface area (Å²) in [5.41, 5.74) is 3.29. The molecule has 12 heteroatoms. The van der Waals surface area contributed by atoms with Crippen molar-refractivity contribution in [2.24, 2.45) is 0 Å². The highest BCUT2D eigenvalue weighted by Gasteiger charge is 2.39. The standard InChI is InChI=1S/C20H23ClF2N6O3/c1-5-28-14(9-22)27-29(20(28)31)17-13(23)8-12(19(26-17)32-10(2)3)18(30)25-15-11(4)6-7-24-16(15)21/h6-8,10,14,27H,5,9H2,1-4H3,(H,25,30). The highest BCUT2D eigenvalue weighted by atomic mass is 35.5. The average Bonchev–Trinajstić information content (AvgIpc) is 3.06. The summed E-state index contributed by atoms with van der Waals surface area (Å²) in [5.74, 6) is -2.34. The van der Waals surface area contributed by atoms with E-state index in [1.807, 2.05) is 0 Å². The van der Waals surface area contributed by atoms with Gasteiger partial charge in [-0.2, -0.15) is 10.4 Å². The number of halogens is 3. The maximum Gasteiger partial charge on any atom is 0.342 e. The van der Waals surface area contributed by atoms with Crippen LogP contribution in [0.15, 0.2) is 18.3 Å². The lowest BCUT2D eigenvalue weighted by molar-refractivity contribution is 0.101. The van der Waals surface area contributed by atoms with Crippen LogP contribution >= 0.6 is 11.6 Å². The van der Waals surface area contributed by atoms with Crippen LogP contribution in [-0.4, -0.2) is 52.3 Å². The number of aromatic nitrogens is 2. The number of carbonyl (C=O) groups is 2. The maximum absolute atomic E-state index is 15.0. The molecule has 0 aromatic carbocycles. The van der Waals surface area contributed by atoms with Crippen LogP contribution in [-0.2, 0) is 0 Å². The van der Waals surface area contributed by atoms with Gasteiger partial charge in [0.05, 0.1) is 11.8 Å². The Hall–Kier alpha value is -3.05. The van der Waals surface area contributed by atoms with Crippen molar-refractivity contribution < 1.29 is 23.1 Å². The molecule has 1 saturated heterocycles. The number of amides is 3. The molecule has 2 N–H and O–H groups in total. The van der Waals surface area contributed by atoms with Gasteiger partial charge in [0.25, 0.3) is 5.91 Å². The van der Waals surface area contributed by atoms with Gasteiger partial charge >= 0.3 is 6.03 Å². The van der Waals surface area contributed by atoms with Crippen molar-refractivity contribution in [3.63, 3.8) is 0 Å². The first kappa shape index (κ1) is 23.6. The molecule has 32 heavy (non-hydrogen) atoms. The molecule has 1 aliphatic rings. The van der Waals surface area contributed by atoms with Crippen LogP contribution in [0.1, 0.15) is 36.7 Å². The quantitative estimate of drug-likeness (QED) is 0.601. The van der Waals surface area contributed by atoms with Crippen molar-refractivity contribution in [3.05, 3.63) is 40.4 Å². The fourth-order valence-corrected chi connectivity index (χ4v) is 3.37. The molecule has 2 aromatic heterocycles. The third-order valence-corrected chi connectivity index (χ3v) is 4.94. The Balaban J connectivity index is 2.01. The molecule has 0 aliphatic carbocycles. The summed E-state index contributed by atoms with van der Waals surface area (Å²) >= 11 is 6.06. The second-order valence-corrected chi connectivity index (χ2v) is 7.62. The molecule has 2 aromatic rings. The third kappa shape index (κ3) is 4.58. The van der Waals surface area contributed by atoms with Gasteiger partial charge in [-0.05, 0) is 45.4 Å². The van der Waals surface area contributed by atoms with Gasteiger partial charge in [0.15, 0.2) is 16.8 Å². The van der Waals surface area contributed by atoms with Crippen molar-refractivity contribution in [2.45, 2.75) is 40.0 Å². The highest BCUT2D eigenvalue weighted by molar-refractivity contribution is 6.33. The fourth-order valence-electron chi connectivity index (χ4n) is 3.11. The Bertz CT molecular complexity index is 1020. The minimum absolute atomic E-state index is 0.0681. The van der Waals surface area contributed by atoms with E-state index in [9.17, 15) is 14.0 Å². The first-order valence-corrected chi connectivity index (χ1v) is 10.3. The van der Waals surface area contributed by atoms with Crippen LogP contribution in [0.3, 0.4) is 0 Å². The van der Waals surface area contributed by atoms with Gasteiger partial charge in [0.1, 0.15) is 18.4 Å². The molecule has 1 fully saturated rings. The summed E-state index contributed by atoms with van der Waals surface area (Å²) in [6, 6.07) is 1.88. The molecule has 0 spiro atoms. The number of anilines is 2. The van der Waals surface area contributed by atoms with E-state index in [2.05, 4.69) is 20.7 Å². The van der Waals surface area contributed by atoms with Gasteiger partial charge in [-0.1, -0.05) is 11.6 Å². The molecule has 172 valence electrons. The molecule has 3 rings (SSSR count). The Labute approximate surface area is 188 Å². The average molecular weight is 469 g/mol. The van der Waals surface area contributed by atoms with Gasteiger partial charge in [0, 0.05) is 12.7 Å². The lowest BCUT2D eigenvalue weighted by Gasteiger charge is -2.19. The van der Waals surface area contributed by atoms with Crippen LogP contribution in [0.2, 0.25) is 5.15 Å². The Kier molecular flexibility index (Phi) is 7.09. The summed E-state index contributed by atoms with van der Waals surface area (Å²) in [6.45, 7) is 6.12. The van der Waals surface area contributed by atoms with Crippen molar-refractivity contribution in [3.8, 4) is 5.88 Å². The van der Waals surface area contributed by atoms with Crippen LogP contribution in [0.25, 0.3) is 0 Å². The molecule has 1 atom stereocenters. The van der Waals surface area contributed by atoms with E-state index in [0.717, 1.165) is 11.1 Å². The van der Waals surface area contributed by atoms with Gasteiger partial charge in [0.2, 0.25) is 5.88 Å². The van der Waals surface area contributed by atoms with E-state index in [-0.39, 0.29) is 28.8 Å². The van der Waals surface area contributed by atoms with Crippen molar-refractivity contribution >= 4 is 35.0 Å². The summed E-state index contributed by atoms with van der Waals surface area (Å²) in [7, 11) is 0. The second kappa shape index (κ2) is 9.61. The normalized spacial score (nSPS) is 16.1. The first-order valence-electron chi connectivity index (χ1n) is 9.90. The number of alkyl halides is 1. The zero-order valence-corrected chi connectivity index (χ0v) is 18.7. The van der Waals surface area contributed by atoms with Gasteiger partial charge in [-0.15, -0.1) is 0 Å². The number of carbonyl (C=O) groups excluding carboxylic acids is 2. The van der Waals surface area contributed by atoms with Gasteiger partial charge in [-0.25, -0.2) is 23.6 Å². The van der Waals surface area contributed by atoms with E-state index in [1.54, 1.807) is 33.8 Å². The van der Waals surface area contributed by atoms with Crippen LogP contribution < -0.4 is 20.5 Å². The maximum atomic E-state index is 15.0. The number of nitrogens with zero attached hydrogens (tertiary/aromatic N) is 4. The predicted octanol–water partition coefficient (Wildman–Crippen LogP) is 3.68. The zero-order valence-electron chi connectivity index (χ0n) is 17.9. The summed E-state index contributed by atoms with van der Waals surface area (Å²) < 4.78 is 34.0. The molecule has 9 nitrogen and oxygen atoms in total. The molecule has 0 radical (unpaired) electrons. The SMILES string of the molecule is CCN1C(=O)N(c2nc(OC(C)C)c(C(=O)Nc3c(C)ccnc3Cl)cc2F)NC1CF. The molecule has 0 bridgehead atoms. The minimum atomic E-state index is -0.975. The largest absolute Gasteiger partial charge is 0.474 e. The van der Waals surface area contributed by atoms with Crippen molar-refractivity contribution in [1.82, 2.24) is 20.3 Å². The molecule has 0 saturated carbocycles. The van der Waals surface area contributed by atoms with Crippen LogP contribution in [0.4, 0.5) is 25.1 Å². The summed E-state index contributed by atoms with van der Waals surface area (Å²) in [5, 5.41) is 3.47. The number of hydrogen-bond donors (Lipinski definition) is 2. The third-order valence-electron chi connectivity index (χ3n) is 4.66. The zero-order chi connectivity index (χ0) is 23.6. The highest BCUT2D eigenvalue weighted by Crippen LogP contribution is 2.30. The number of urea groups is 1. The Morgan fingerprint density at radius 1 is 1.44 bits per heavy atom. The molecule has 3 amide bonds. The number of aryl methyl sites for hydroxylation is 1. The number of pyridine rings is 2. The smallest absolute Gasteiger partial charge is 0.342 e. The Morgan fingerprint density at radius 2 is 2.16 bits per heavy atom. The number of nitrogens with one attached hydrogen (secondary N) is 2. The Morgan fingerprint density at radius 3 is 2.72 bits per heavy atom. The molecular formula is C20H23ClF2N6O3. The first-order chi connectivity index (χ1) is 15.2. The predicted molar refractivity (Wildman–Crippen MR) is 115 cm³/mol. The van der Waals surface area contributed by atoms with Gasteiger partial charge in [-0.3, -0.25) is 4.79 Å². The van der Waals surface area contributed by atoms with Crippen LogP contribution in [0.5, 0.6) is 5.88 Å². The van der Waals surface area contributed by atoms with Crippen molar-refractivity contribution in [2.75, 3.05) is 23.5 Å². The number of hydrogen-bond acceptors (Lipinski definition) is 6. The number of rotatable bonds is 7. The van der Waals surface area contributed by atoms with Gasteiger partial charge < -0.3 is 15.0 Å². The van der Waals surface area contributed by atoms with Crippen molar-refractivity contribution in [1.29, 1.82) is 0 Å². The van der Waals surface area contributed by atoms with E-state index in [1.165, 1.54) is 11.1 Å². The number of hydrazine groups is 1. The topological polar surface area (TPSA) is 99.7 Å². The van der Waals surface area contributed by atoms with E-state index in [4.69, 9.17) is 16.3 Å². The fraction of sp³-hybridized carbons (Fsp3) is 0.400. The lowest BCUT2D eigenvalue weighted by Crippen LogP contribution is -2.40. The molecule has 3 heterocycles. The second-order valence-electron chi connectivity index (χ2n) is 7.26. The summed E-state index contributed by atoms with van der Waals surface area (Å²) in [4.78, 5) is 34.7. The van der Waals surface area contributed by atoms with E-state index >= 15 is 4.39 Å². The van der Waals surface area contributed by atoms with E-state index in [0.29, 0.717) is 5.56 Å².